The lowest BCUT2D eigenvalue weighted by atomic mass is 10.2. The van der Waals surface area contributed by atoms with E-state index < -0.39 is 0 Å². The van der Waals surface area contributed by atoms with Gasteiger partial charge in [-0.15, -0.1) is 0 Å². The topological polar surface area (TPSA) is 38.8 Å². The minimum Gasteiger partial charge on any atom is -0.497 e. The van der Waals surface area contributed by atoms with Gasteiger partial charge in [-0.05, 0) is 38.1 Å². The van der Waals surface area contributed by atoms with E-state index in [4.69, 9.17) is 9.47 Å². The van der Waals surface area contributed by atoms with Gasteiger partial charge in [0.15, 0.2) is 6.61 Å². The van der Waals surface area contributed by atoms with Crippen molar-refractivity contribution >= 4 is 11.6 Å². The molecule has 2 aromatic carbocycles. The number of para-hydroxylation sites is 1. The fourth-order valence-electron chi connectivity index (χ4n) is 2.22. The predicted octanol–water partition coefficient (Wildman–Crippen LogP) is 3.52. The summed E-state index contributed by atoms with van der Waals surface area (Å²) in [5, 5.41) is 0. The van der Waals surface area contributed by atoms with E-state index in [9.17, 15) is 4.79 Å². The van der Waals surface area contributed by atoms with Crippen LogP contribution >= 0.6 is 0 Å². The maximum atomic E-state index is 12.5. The van der Waals surface area contributed by atoms with Gasteiger partial charge in [0.2, 0.25) is 0 Å². The Morgan fingerprint density at radius 2 is 1.73 bits per heavy atom. The van der Waals surface area contributed by atoms with E-state index in [1.54, 1.807) is 24.1 Å². The van der Waals surface area contributed by atoms with Gasteiger partial charge >= 0.3 is 0 Å². The van der Waals surface area contributed by atoms with Crippen molar-refractivity contribution in [2.24, 2.45) is 0 Å². The Morgan fingerprint density at radius 3 is 2.36 bits per heavy atom. The van der Waals surface area contributed by atoms with Crippen molar-refractivity contribution in [3.8, 4) is 11.5 Å². The molecule has 0 bridgehead atoms. The summed E-state index contributed by atoms with van der Waals surface area (Å²) < 4.78 is 10.7. The number of hydrogen-bond donors (Lipinski definition) is 0. The molecule has 0 fully saturated rings. The standard InChI is InChI=1S/C18H21NO3/c1-14(2)19(15-8-5-4-6-9-15)18(20)13-22-17-11-7-10-16(12-17)21-3/h4-12,14H,13H2,1-3H3. The number of anilines is 1. The van der Waals surface area contributed by atoms with Gasteiger partial charge in [0.1, 0.15) is 11.5 Å². The third-order valence-corrected chi connectivity index (χ3v) is 3.22. The van der Waals surface area contributed by atoms with E-state index in [0.29, 0.717) is 11.5 Å². The zero-order valence-electron chi connectivity index (χ0n) is 13.2. The first-order valence-corrected chi connectivity index (χ1v) is 7.26. The molecule has 0 radical (unpaired) electrons. The van der Waals surface area contributed by atoms with Crippen molar-refractivity contribution in [1.82, 2.24) is 0 Å². The van der Waals surface area contributed by atoms with E-state index in [2.05, 4.69) is 0 Å². The normalized spacial score (nSPS) is 10.4. The summed E-state index contributed by atoms with van der Waals surface area (Å²) in [7, 11) is 1.60. The second kappa shape index (κ2) is 7.50. The number of rotatable bonds is 6. The molecule has 0 atom stereocenters. The number of carbonyl (C=O) groups excluding carboxylic acids is 1. The van der Waals surface area contributed by atoms with Gasteiger partial charge in [-0.2, -0.15) is 0 Å². The number of amides is 1. The van der Waals surface area contributed by atoms with Crippen LogP contribution in [0, 0.1) is 0 Å². The second-order valence-electron chi connectivity index (χ2n) is 5.16. The zero-order valence-corrected chi connectivity index (χ0v) is 13.2. The van der Waals surface area contributed by atoms with Gasteiger partial charge in [-0.25, -0.2) is 0 Å². The fourth-order valence-corrected chi connectivity index (χ4v) is 2.22. The maximum Gasteiger partial charge on any atom is 0.265 e. The van der Waals surface area contributed by atoms with E-state index in [1.807, 2.05) is 56.3 Å². The minimum atomic E-state index is -0.0796. The number of benzene rings is 2. The Kier molecular flexibility index (Phi) is 5.42. The first kappa shape index (κ1) is 15.9. The first-order chi connectivity index (χ1) is 10.6. The molecule has 0 aliphatic heterocycles. The van der Waals surface area contributed by atoms with E-state index >= 15 is 0 Å². The Bertz CT molecular complexity index is 611. The zero-order chi connectivity index (χ0) is 15.9. The summed E-state index contributed by atoms with van der Waals surface area (Å²) in [6.07, 6.45) is 0. The van der Waals surface area contributed by atoms with Crippen molar-refractivity contribution in [2.45, 2.75) is 19.9 Å². The van der Waals surface area contributed by atoms with Crippen LogP contribution in [0.25, 0.3) is 0 Å². The van der Waals surface area contributed by atoms with Crippen molar-refractivity contribution in [2.75, 3.05) is 18.6 Å². The van der Waals surface area contributed by atoms with Gasteiger partial charge < -0.3 is 14.4 Å². The second-order valence-corrected chi connectivity index (χ2v) is 5.16. The summed E-state index contributed by atoms with van der Waals surface area (Å²) in [6.45, 7) is 3.95. The lowest BCUT2D eigenvalue weighted by molar-refractivity contribution is -0.120. The summed E-state index contributed by atoms with van der Waals surface area (Å²) in [5.41, 5.74) is 0.872. The van der Waals surface area contributed by atoms with Crippen LogP contribution in [-0.2, 0) is 4.79 Å². The summed E-state index contributed by atoms with van der Waals surface area (Å²) in [4.78, 5) is 14.2. The molecule has 0 saturated carbocycles. The molecule has 2 rings (SSSR count). The van der Waals surface area contributed by atoms with Crippen molar-refractivity contribution in [1.29, 1.82) is 0 Å². The third-order valence-electron chi connectivity index (χ3n) is 3.22. The van der Waals surface area contributed by atoms with Gasteiger partial charge in [-0.1, -0.05) is 24.3 Å². The molecule has 22 heavy (non-hydrogen) atoms. The van der Waals surface area contributed by atoms with Crippen LogP contribution in [0.4, 0.5) is 5.69 Å². The SMILES string of the molecule is COc1cccc(OCC(=O)N(c2ccccc2)C(C)C)c1. The van der Waals surface area contributed by atoms with Crippen LogP contribution in [-0.4, -0.2) is 25.7 Å². The predicted molar refractivity (Wildman–Crippen MR) is 87.6 cm³/mol. The van der Waals surface area contributed by atoms with Crippen LogP contribution in [0.5, 0.6) is 11.5 Å². The molecule has 116 valence electrons. The average molecular weight is 299 g/mol. The van der Waals surface area contributed by atoms with Crippen LogP contribution in [0.1, 0.15) is 13.8 Å². The molecule has 0 spiro atoms. The Labute approximate surface area is 131 Å². The van der Waals surface area contributed by atoms with Crippen LogP contribution < -0.4 is 14.4 Å². The van der Waals surface area contributed by atoms with Crippen LogP contribution in [0.3, 0.4) is 0 Å². The number of methoxy groups -OCH3 is 1. The highest BCUT2D eigenvalue weighted by Crippen LogP contribution is 2.20. The quantitative estimate of drug-likeness (QED) is 0.819. The molecule has 0 heterocycles. The van der Waals surface area contributed by atoms with E-state index in [1.165, 1.54) is 0 Å². The number of hydrogen-bond acceptors (Lipinski definition) is 3. The molecule has 0 saturated heterocycles. The lowest BCUT2D eigenvalue weighted by Gasteiger charge is -2.26. The lowest BCUT2D eigenvalue weighted by Crippen LogP contribution is -2.40. The van der Waals surface area contributed by atoms with Gasteiger partial charge in [0, 0.05) is 17.8 Å². The van der Waals surface area contributed by atoms with Crippen LogP contribution in [0.15, 0.2) is 54.6 Å². The number of nitrogens with zero attached hydrogens (tertiary/aromatic N) is 1. The monoisotopic (exact) mass is 299 g/mol. The number of ether oxygens (including phenoxy) is 2. The van der Waals surface area contributed by atoms with Gasteiger partial charge in [0.25, 0.3) is 5.91 Å². The molecule has 0 aliphatic carbocycles. The molecule has 4 heteroatoms. The average Bonchev–Trinajstić information content (AvgIpc) is 2.54. The molecule has 4 nitrogen and oxygen atoms in total. The smallest absolute Gasteiger partial charge is 0.265 e. The Balaban J connectivity index is 2.06. The summed E-state index contributed by atoms with van der Waals surface area (Å²) in [6, 6.07) is 16.9. The molecule has 1 amide bonds. The van der Waals surface area contributed by atoms with Crippen molar-refractivity contribution in [3.63, 3.8) is 0 Å². The first-order valence-electron chi connectivity index (χ1n) is 7.26. The number of carbonyl (C=O) groups is 1. The highest BCUT2D eigenvalue weighted by Gasteiger charge is 2.19. The van der Waals surface area contributed by atoms with Crippen molar-refractivity contribution in [3.05, 3.63) is 54.6 Å². The van der Waals surface area contributed by atoms with Gasteiger partial charge in [0.05, 0.1) is 7.11 Å². The highest BCUT2D eigenvalue weighted by molar-refractivity contribution is 5.94. The summed E-state index contributed by atoms with van der Waals surface area (Å²) >= 11 is 0. The fraction of sp³-hybridized carbons (Fsp3) is 0.278. The Hall–Kier alpha value is -2.49. The van der Waals surface area contributed by atoms with Gasteiger partial charge in [-0.3, -0.25) is 4.79 Å². The molecule has 0 unspecified atom stereocenters. The maximum absolute atomic E-state index is 12.5. The Morgan fingerprint density at radius 1 is 1.05 bits per heavy atom. The molecular formula is C18H21NO3. The molecule has 0 N–H and O–H groups in total. The molecular weight excluding hydrogens is 278 g/mol. The third kappa shape index (κ3) is 4.01. The van der Waals surface area contributed by atoms with E-state index in [-0.39, 0.29) is 18.6 Å². The summed E-state index contributed by atoms with van der Waals surface area (Å²) in [5.74, 6) is 1.24. The highest BCUT2D eigenvalue weighted by atomic mass is 16.5. The van der Waals surface area contributed by atoms with Crippen LogP contribution in [0.2, 0.25) is 0 Å². The molecule has 2 aromatic rings. The van der Waals surface area contributed by atoms with E-state index in [0.717, 1.165) is 5.69 Å². The van der Waals surface area contributed by atoms with Crippen molar-refractivity contribution < 1.29 is 14.3 Å². The molecule has 0 aromatic heterocycles. The molecule has 0 aliphatic rings. The minimum absolute atomic E-state index is 0.0136. The largest absolute Gasteiger partial charge is 0.497 e.